The molecule has 0 bridgehead atoms. The van der Waals surface area contributed by atoms with Crippen LogP contribution in [0.5, 0.6) is 0 Å². The average Bonchev–Trinajstić information content (AvgIpc) is 2.30. The van der Waals surface area contributed by atoms with Crippen LogP contribution in [-0.2, 0) is 4.79 Å². The molecule has 1 saturated heterocycles. The SMILES string of the molecule is CCN1C(=O)CCC(N)C1c1cc(C)cc(C)c1. The zero-order valence-corrected chi connectivity index (χ0v) is 11.4. The summed E-state index contributed by atoms with van der Waals surface area (Å²) in [6, 6.07) is 6.53. The maximum absolute atomic E-state index is 12.0. The van der Waals surface area contributed by atoms with Crippen LogP contribution in [0, 0.1) is 13.8 Å². The third kappa shape index (κ3) is 2.41. The number of carbonyl (C=O) groups excluding carboxylic acids is 1. The Bertz CT molecular complexity index is 436. The van der Waals surface area contributed by atoms with E-state index in [1.807, 2.05) is 11.8 Å². The van der Waals surface area contributed by atoms with Gasteiger partial charge in [-0.3, -0.25) is 4.79 Å². The summed E-state index contributed by atoms with van der Waals surface area (Å²) in [6.45, 7) is 6.92. The van der Waals surface area contributed by atoms with Crippen molar-refractivity contribution in [3.8, 4) is 0 Å². The zero-order chi connectivity index (χ0) is 13.3. The molecule has 1 heterocycles. The highest BCUT2D eigenvalue weighted by Gasteiger charge is 2.33. The van der Waals surface area contributed by atoms with Crippen molar-refractivity contribution in [2.75, 3.05) is 6.54 Å². The number of aryl methyl sites for hydroxylation is 2. The molecule has 0 saturated carbocycles. The molecule has 1 aliphatic heterocycles. The Balaban J connectivity index is 2.41. The summed E-state index contributed by atoms with van der Waals surface area (Å²) in [4.78, 5) is 13.9. The summed E-state index contributed by atoms with van der Waals surface area (Å²) >= 11 is 0. The van der Waals surface area contributed by atoms with Crippen molar-refractivity contribution in [2.45, 2.75) is 45.7 Å². The lowest BCUT2D eigenvalue weighted by Gasteiger charge is -2.39. The minimum atomic E-state index is 0.0369. The van der Waals surface area contributed by atoms with Gasteiger partial charge in [-0.2, -0.15) is 0 Å². The van der Waals surface area contributed by atoms with Gasteiger partial charge in [-0.25, -0.2) is 0 Å². The molecule has 2 atom stereocenters. The van der Waals surface area contributed by atoms with E-state index < -0.39 is 0 Å². The Morgan fingerprint density at radius 2 is 1.89 bits per heavy atom. The van der Waals surface area contributed by atoms with Crippen molar-refractivity contribution >= 4 is 5.91 Å². The van der Waals surface area contributed by atoms with E-state index in [2.05, 4.69) is 32.0 Å². The molecule has 1 amide bonds. The number of benzene rings is 1. The van der Waals surface area contributed by atoms with Crippen molar-refractivity contribution in [3.63, 3.8) is 0 Å². The van der Waals surface area contributed by atoms with E-state index in [1.54, 1.807) is 0 Å². The predicted molar refractivity (Wildman–Crippen MR) is 73.3 cm³/mol. The maximum atomic E-state index is 12.0. The largest absolute Gasteiger partial charge is 0.334 e. The van der Waals surface area contributed by atoms with E-state index in [1.165, 1.54) is 16.7 Å². The number of rotatable bonds is 2. The quantitative estimate of drug-likeness (QED) is 0.870. The highest BCUT2D eigenvalue weighted by molar-refractivity contribution is 5.78. The van der Waals surface area contributed by atoms with Crippen LogP contribution in [0.25, 0.3) is 0 Å². The topological polar surface area (TPSA) is 46.3 Å². The highest BCUT2D eigenvalue weighted by atomic mass is 16.2. The van der Waals surface area contributed by atoms with E-state index in [0.29, 0.717) is 6.42 Å². The first-order valence-corrected chi connectivity index (χ1v) is 6.66. The second-order valence-corrected chi connectivity index (χ2v) is 5.25. The molecule has 3 heteroatoms. The molecule has 0 aromatic heterocycles. The Morgan fingerprint density at radius 1 is 1.28 bits per heavy atom. The third-order valence-corrected chi connectivity index (χ3v) is 3.68. The molecule has 0 spiro atoms. The van der Waals surface area contributed by atoms with Gasteiger partial charge in [0.25, 0.3) is 0 Å². The van der Waals surface area contributed by atoms with Gasteiger partial charge in [-0.15, -0.1) is 0 Å². The van der Waals surface area contributed by atoms with Gasteiger partial charge in [0.05, 0.1) is 6.04 Å². The Morgan fingerprint density at radius 3 is 2.44 bits per heavy atom. The first-order chi connectivity index (χ1) is 8.52. The van der Waals surface area contributed by atoms with Crippen LogP contribution in [0.1, 0.15) is 42.5 Å². The molecule has 2 N–H and O–H groups in total. The van der Waals surface area contributed by atoms with Gasteiger partial charge < -0.3 is 10.6 Å². The maximum Gasteiger partial charge on any atom is 0.223 e. The van der Waals surface area contributed by atoms with Crippen molar-refractivity contribution in [2.24, 2.45) is 5.73 Å². The van der Waals surface area contributed by atoms with E-state index in [-0.39, 0.29) is 18.0 Å². The summed E-state index contributed by atoms with van der Waals surface area (Å²) in [5.74, 6) is 0.225. The van der Waals surface area contributed by atoms with Crippen LogP contribution in [0.3, 0.4) is 0 Å². The van der Waals surface area contributed by atoms with Gasteiger partial charge in [0.15, 0.2) is 0 Å². The summed E-state index contributed by atoms with van der Waals surface area (Å²) in [5.41, 5.74) is 9.88. The smallest absolute Gasteiger partial charge is 0.223 e. The molecule has 1 aromatic carbocycles. The van der Waals surface area contributed by atoms with E-state index in [0.717, 1.165) is 13.0 Å². The molecule has 98 valence electrons. The number of amides is 1. The molecular weight excluding hydrogens is 224 g/mol. The van der Waals surface area contributed by atoms with Crippen LogP contribution in [0.15, 0.2) is 18.2 Å². The molecule has 2 unspecified atom stereocenters. The van der Waals surface area contributed by atoms with E-state index in [9.17, 15) is 4.79 Å². The normalized spacial score (nSPS) is 24.4. The van der Waals surface area contributed by atoms with Crippen molar-refractivity contribution in [1.82, 2.24) is 4.90 Å². The lowest BCUT2D eigenvalue weighted by Crippen LogP contribution is -2.48. The number of nitrogens with zero attached hydrogens (tertiary/aromatic N) is 1. The number of likely N-dealkylation sites (tertiary alicyclic amines) is 1. The van der Waals surface area contributed by atoms with Crippen LogP contribution in [-0.4, -0.2) is 23.4 Å². The van der Waals surface area contributed by atoms with Gasteiger partial charge in [0.2, 0.25) is 5.91 Å². The summed E-state index contributed by atoms with van der Waals surface area (Å²) in [6.07, 6.45) is 1.36. The summed E-state index contributed by atoms with van der Waals surface area (Å²) < 4.78 is 0. The lowest BCUT2D eigenvalue weighted by atomic mass is 9.89. The first-order valence-electron chi connectivity index (χ1n) is 6.66. The van der Waals surface area contributed by atoms with Gasteiger partial charge in [-0.05, 0) is 32.8 Å². The first kappa shape index (κ1) is 13.1. The van der Waals surface area contributed by atoms with E-state index >= 15 is 0 Å². The molecule has 1 aromatic rings. The number of nitrogens with two attached hydrogens (primary N) is 1. The lowest BCUT2D eigenvalue weighted by molar-refractivity contribution is -0.137. The Kier molecular flexibility index (Phi) is 3.71. The van der Waals surface area contributed by atoms with Gasteiger partial charge in [0.1, 0.15) is 0 Å². The van der Waals surface area contributed by atoms with Gasteiger partial charge >= 0.3 is 0 Å². The predicted octanol–water partition coefficient (Wildman–Crippen LogP) is 2.31. The second kappa shape index (κ2) is 5.11. The van der Waals surface area contributed by atoms with Crippen LogP contribution in [0.4, 0.5) is 0 Å². The number of carbonyl (C=O) groups is 1. The summed E-state index contributed by atoms with van der Waals surface area (Å²) in [7, 11) is 0. The van der Waals surface area contributed by atoms with Crippen molar-refractivity contribution < 1.29 is 4.79 Å². The minimum Gasteiger partial charge on any atom is -0.334 e. The molecule has 0 radical (unpaired) electrons. The fourth-order valence-corrected chi connectivity index (χ4v) is 2.96. The standard InChI is InChI=1S/C15H22N2O/c1-4-17-14(18)6-5-13(16)15(17)12-8-10(2)7-11(3)9-12/h7-9,13,15H,4-6,16H2,1-3H3. The number of hydrogen-bond acceptors (Lipinski definition) is 2. The van der Waals surface area contributed by atoms with Crippen LogP contribution in [0.2, 0.25) is 0 Å². The molecule has 1 fully saturated rings. The monoisotopic (exact) mass is 246 g/mol. The number of hydrogen-bond donors (Lipinski definition) is 1. The molecule has 0 aliphatic carbocycles. The Hall–Kier alpha value is -1.35. The summed E-state index contributed by atoms with van der Waals surface area (Å²) in [5, 5.41) is 0. The van der Waals surface area contributed by atoms with Crippen molar-refractivity contribution in [3.05, 3.63) is 34.9 Å². The fourth-order valence-electron chi connectivity index (χ4n) is 2.96. The molecular formula is C15H22N2O. The fraction of sp³-hybridized carbons (Fsp3) is 0.533. The average molecular weight is 246 g/mol. The van der Waals surface area contributed by atoms with Crippen molar-refractivity contribution in [1.29, 1.82) is 0 Å². The molecule has 2 rings (SSSR count). The minimum absolute atomic E-state index is 0.0369. The molecule has 3 nitrogen and oxygen atoms in total. The molecule has 1 aliphatic rings. The van der Waals surface area contributed by atoms with E-state index in [4.69, 9.17) is 5.73 Å². The number of likely N-dealkylation sites (N-methyl/N-ethyl adjacent to an activating group) is 1. The van der Waals surface area contributed by atoms with Gasteiger partial charge in [0, 0.05) is 19.0 Å². The van der Waals surface area contributed by atoms with Gasteiger partial charge in [-0.1, -0.05) is 29.3 Å². The second-order valence-electron chi connectivity index (χ2n) is 5.25. The van der Waals surface area contributed by atoms with Crippen LogP contribution < -0.4 is 5.73 Å². The number of piperidine rings is 1. The van der Waals surface area contributed by atoms with Crippen LogP contribution >= 0.6 is 0 Å². The third-order valence-electron chi connectivity index (χ3n) is 3.68. The molecule has 18 heavy (non-hydrogen) atoms. The highest BCUT2D eigenvalue weighted by Crippen LogP contribution is 2.31. The Labute approximate surface area is 109 Å². The zero-order valence-electron chi connectivity index (χ0n) is 11.4.